The number of sulfonamides is 1. The first-order valence-corrected chi connectivity index (χ1v) is 9.30. The molecule has 0 bridgehead atoms. The smallest absolute Gasteiger partial charge is 0.214 e. The van der Waals surface area contributed by atoms with Gasteiger partial charge in [-0.05, 0) is 18.8 Å². The normalized spacial score (nSPS) is 20.2. The van der Waals surface area contributed by atoms with Gasteiger partial charge in [-0.3, -0.25) is 4.90 Å². The van der Waals surface area contributed by atoms with E-state index in [9.17, 15) is 8.42 Å². The molecule has 2 N–H and O–H groups in total. The molecule has 1 rings (SSSR count). The minimum atomic E-state index is -3.11. The summed E-state index contributed by atoms with van der Waals surface area (Å²) in [7, 11) is -3.11. The largest absolute Gasteiger partial charge is 0.392 e. The van der Waals surface area contributed by atoms with E-state index >= 15 is 0 Å². The van der Waals surface area contributed by atoms with Crippen LogP contribution in [0.5, 0.6) is 0 Å². The fraction of sp³-hybridized carbons (Fsp3) is 0.923. The van der Waals surface area contributed by atoms with Crippen molar-refractivity contribution >= 4 is 27.2 Å². The molecule has 0 saturated carbocycles. The summed E-state index contributed by atoms with van der Waals surface area (Å²) >= 11 is 5.07. The fourth-order valence-electron chi connectivity index (χ4n) is 2.45. The third-order valence-electron chi connectivity index (χ3n) is 3.78. The van der Waals surface area contributed by atoms with Crippen molar-refractivity contribution in [3.05, 3.63) is 0 Å². The predicted molar refractivity (Wildman–Crippen MR) is 87.3 cm³/mol. The maximum atomic E-state index is 12.2. The Morgan fingerprint density at radius 1 is 1.25 bits per heavy atom. The van der Waals surface area contributed by atoms with E-state index in [1.807, 2.05) is 13.8 Å². The monoisotopic (exact) mass is 321 g/mol. The highest BCUT2D eigenvalue weighted by Gasteiger charge is 2.30. The van der Waals surface area contributed by atoms with Gasteiger partial charge < -0.3 is 5.73 Å². The Hall–Kier alpha value is -0.240. The Bertz CT molecular complexity index is 415. The van der Waals surface area contributed by atoms with E-state index in [1.165, 1.54) is 0 Å². The Labute approximate surface area is 128 Å². The van der Waals surface area contributed by atoms with E-state index in [4.69, 9.17) is 18.0 Å². The minimum Gasteiger partial charge on any atom is -0.392 e. The van der Waals surface area contributed by atoms with Gasteiger partial charge in [0.25, 0.3) is 0 Å². The molecule has 1 fully saturated rings. The average Bonchev–Trinajstić information content (AvgIpc) is 2.37. The van der Waals surface area contributed by atoms with Crippen molar-refractivity contribution in [2.24, 2.45) is 11.7 Å². The lowest BCUT2D eigenvalue weighted by Crippen LogP contribution is -2.54. The fourth-order valence-corrected chi connectivity index (χ4v) is 4.51. The molecule has 0 aromatic rings. The highest BCUT2D eigenvalue weighted by Crippen LogP contribution is 2.14. The molecule has 5 nitrogen and oxygen atoms in total. The summed E-state index contributed by atoms with van der Waals surface area (Å²) in [4.78, 5) is 2.69. The molecule has 118 valence electrons. The van der Waals surface area contributed by atoms with Crippen LogP contribution >= 0.6 is 12.2 Å². The third kappa shape index (κ3) is 4.95. The summed E-state index contributed by atoms with van der Waals surface area (Å²) in [5, 5.41) is 0. The summed E-state index contributed by atoms with van der Waals surface area (Å²) < 4.78 is 26.1. The molecular formula is C13H27N3O2S2. The second-order valence-corrected chi connectivity index (χ2v) is 8.32. The van der Waals surface area contributed by atoms with Gasteiger partial charge in [0.2, 0.25) is 10.0 Å². The zero-order valence-electron chi connectivity index (χ0n) is 12.7. The van der Waals surface area contributed by atoms with Gasteiger partial charge >= 0.3 is 0 Å². The standard InChI is InChI=1S/C13H27N3O2S2/c1-4-12(13(14)19)15-6-8-16(9-7-15)20(17,18)10-5-11(2)3/h11-12H,4-10H2,1-3H3,(H2,14,19). The summed E-state index contributed by atoms with van der Waals surface area (Å²) in [5.74, 6) is 0.655. The van der Waals surface area contributed by atoms with Crippen molar-refractivity contribution in [1.29, 1.82) is 0 Å². The maximum Gasteiger partial charge on any atom is 0.214 e. The van der Waals surface area contributed by atoms with Crippen LogP contribution in [-0.4, -0.2) is 60.6 Å². The van der Waals surface area contributed by atoms with Crippen molar-refractivity contribution in [2.75, 3.05) is 31.9 Å². The molecule has 7 heteroatoms. The van der Waals surface area contributed by atoms with E-state index in [2.05, 4.69) is 11.8 Å². The number of piperazine rings is 1. The molecule has 0 spiro atoms. The summed E-state index contributed by atoms with van der Waals surface area (Å²) in [6.07, 6.45) is 1.59. The van der Waals surface area contributed by atoms with Gasteiger partial charge in [-0.25, -0.2) is 8.42 Å². The zero-order valence-corrected chi connectivity index (χ0v) is 14.3. The van der Waals surface area contributed by atoms with E-state index in [-0.39, 0.29) is 11.8 Å². The Morgan fingerprint density at radius 2 is 1.80 bits per heavy atom. The van der Waals surface area contributed by atoms with Crippen LogP contribution in [0.1, 0.15) is 33.6 Å². The highest BCUT2D eigenvalue weighted by atomic mass is 32.2. The molecule has 0 amide bonds. The van der Waals surface area contributed by atoms with Gasteiger partial charge in [-0.2, -0.15) is 4.31 Å². The summed E-state index contributed by atoms with van der Waals surface area (Å²) in [6, 6.07) is 0.0884. The van der Waals surface area contributed by atoms with Crippen LogP contribution in [0.15, 0.2) is 0 Å². The van der Waals surface area contributed by atoms with Crippen molar-refractivity contribution < 1.29 is 8.42 Å². The van der Waals surface area contributed by atoms with Crippen LogP contribution in [0.4, 0.5) is 0 Å². The quantitative estimate of drug-likeness (QED) is 0.710. The van der Waals surface area contributed by atoms with Gasteiger partial charge in [0.1, 0.15) is 0 Å². The number of hydrogen-bond acceptors (Lipinski definition) is 4. The van der Waals surface area contributed by atoms with Gasteiger partial charge in [0.15, 0.2) is 0 Å². The van der Waals surface area contributed by atoms with Crippen LogP contribution in [0, 0.1) is 5.92 Å². The average molecular weight is 322 g/mol. The maximum absolute atomic E-state index is 12.2. The van der Waals surface area contributed by atoms with E-state index < -0.39 is 10.0 Å². The predicted octanol–water partition coefficient (Wildman–Crippen LogP) is 1.04. The molecule has 0 radical (unpaired) electrons. The zero-order chi connectivity index (χ0) is 15.3. The molecule has 20 heavy (non-hydrogen) atoms. The molecule has 1 atom stereocenters. The minimum absolute atomic E-state index is 0.0884. The van der Waals surface area contributed by atoms with Crippen LogP contribution in [0.2, 0.25) is 0 Å². The highest BCUT2D eigenvalue weighted by molar-refractivity contribution is 7.89. The van der Waals surface area contributed by atoms with Gasteiger partial charge in [-0.15, -0.1) is 0 Å². The first kappa shape index (κ1) is 17.8. The number of nitrogens with two attached hydrogens (primary N) is 1. The molecular weight excluding hydrogens is 294 g/mol. The van der Waals surface area contributed by atoms with Gasteiger partial charge in [0.05, 0.1) is 16.8 Å². The van der Waals surface area contributed by atoms with Crippen LogP contribution < -0.4 is 5.73 Å². The molecule has 1 aliphatic heterocycles. The lowest BCUT2D eigenvalue weighted by atomic mass is 10.1. The van der Waals surface area contributed by atoms with E-state index in [0.717, 1.165) is 6.42 Å². The number of rotatable bonds is 7. The van der Waals surface area contributed by atoms with E-state index in [1.54, 1.807) is 4.31 Å². The van der Waals surface area contributed by atoms with Crippen LogP contribution in [0.25, 0.3) is 0 Å². The van der Waals surface area contributed by atoms with Gasteiger partial charge in [0, 0.05) is 26.2 Å². The molecule has 0 aromatic heterocycles. The molecule has 0 aliphatic carbocycles. The Balaban J connectivity index is 2.55. The number of hydrogen-bond donors (Lipinski definition) is 1. The summed E-state index contributed by atoms with van der Waals surface area (Å²) in [6.45, 7) is 8.63. The molecule has 1 unspecified atom stereocenters. The van der Waals surface area contributed by atoms with Crippen LogP contribution in [-0.2, 0) is 10.0 Å². The lowest BCUT2D eigenvalue weighted by Gasteiger charge is -2.38. The van der Waals surface area contributed by atoms with Crippen LogP contribution in [0.3, 0.4) is 0 Å². The molecule has 1 heterocycles. The Morgan fingerprint density at radius 3 is 2.20 bits per heavy atom. The first-order valence-electron chi connectivity index (χ1n) is 7.29. The van der Waals surface area contributed by atoms with Gasteiger partial charge in [-0.1, -0.05) is 33.0 Å². The number of thiocarbonyl (C=S) groups is 1. The molecule has 1 aliphatic rings. The van der Waals surface area contributed by atoms with Crippen molar-refractivity contribution in [2.45, 2.75) is 39.7 Å². The van der Waals surface area contributed by atoms with E-state index in [0.29, 0.717) is 43.5 Å². The SMILES string of the molecule is CCC(C(N)=S)N1CCN(S(=O)(=O)CCC(C)C)CC1. The molecule has 1 saturated heterocycles. The first-order chi connectivity index (χ1) is 9.27. The Kier molecular flexibility index (Phi) is 6.84. The summed E-state index contributed by atoms with van der Waals surface area (Å²) in [5.41, 5.74) is 5.74. The molecule has 0 aromatic carbocycles. The lowest BCUT2D eigenvalue weighted by molar-refractivity contribution is 0.165. The second kappa shape index (κ2) is 7.68. The van der Waals surface area contributed by atoms with Crippen molar-refractivity contribution in [3.8, 4) is 0 Å². The van der Waals surface area contributed by atoms with Crippen molar-refractivity contribution in [1.82, 2.24) is 9.21 Å². The second-order valence-electron chi connectivity index (χ2n) is 5.76. The third-order valence-corrected chi connectivity index (χ3v) is 5.95. The number of nitrogens with zero attached hydrogens (tertiary/aromatic N) is 2. The van der Waals surface area contributed by atoms with Crippen molar-refractivity contribution in [3.63, 3.8) is 0 Å². The topological polar surface area (TPSA) is 66.6 Å².